The first-order chi connectivity index (χ1) is 14.3. The van der Waals surface area contributed by atoms with E-state index in [0.717, 1.165) is 22.8 Å². The number of aromatic hydroxyl groups is 1. The Morgan fingerprint density at radius 3 is 2.40 bits per heavy atom. The third-order valence-corrected chi connectivity index (χ3v) is 7.19. The summed E-state index contributed by atoms with van der Waals surface area (Å²) in [5.74, 6) is -1.63. The zero-order valence-electron chi connectivity index (χ0n) is 16.0. The third-order valence-electron chi connectivity index (χ3n) is 4.60. The largest absolute Gasteiger partial charge is 0.507 e. The first-order valence-corrected chi connectivity index (χ1v) is 11.8. The van der Waals surface area contributed by atoms with Crippen molar-refractivity contribution in [3.05, 3.63) is 51.6 Å². The molecule has 0 aliphatic carbocycles. The van der Waals surface area contributed by atoms with Gasteiger partial charge in [-0.25, -0.2) is 13.2 Å². The number of nitrogens with one attached hydrogen (secondary N) is 1. The molecule has 0 saturated carbocycles. The Morgan fingerprint density at radius 2 is 1.73 bits per heavy atom. The van der Waals surface area contributed by atoms with E-state index < -0.39 is 28.5 Å². The second-order valence-corrected chi connectivity index (χ2v) is 9.96. The monoisotopic (exact) mass is 544 g/mol. The first kappa shape index (κ1) is 22.5. The summed E-state index contributed by atoms with van der Waals surface area (Å²) < 4.78 is 32.4. The molecule has 0 aromatic heterocycles. The van der Waals surface area contributed by atoms with Crippen LogP contribution < -0.4 is 5.32 Å². The number of benzene rings is 2. The number of carbonyl (C=O) groups is 2. The van der Waals surface area contributed by atoms with Crippen LogP contribution in [-0.2, 0) is 19.6 Å². The summed E-state index contributed by atoms with van der Waals surface area (Å²) in [6, 6.07) is 10.3. The first-order valence-electron chi connectivity index (χ1n) is 9.33. The van der Waals surface area contributed by atoms with Crippen molar-refractivity contribution >= 4 is 50.2 Å². The van der Waals surface area contributed by atoms with Gasteiger partial charge in [-0.15, -0.1) is 0 Å². The zero-order valence-corrected chi connectivity index (χ0v) is 19.0. The van der Waals surface area contributed by atoms with Crippen LogP contribution >= 0.6 is 22.6 Å². The average Bonchev–Trinajstić information content (AvgIpc) is 2.75. The Balaban J connectivity index is 1.57. The molecule has 1 amide bonds. The molecule has 160 valence electrons. The number of nitrogens with zero attached hydrogens (tertiary/aromatic N) is 1. The third kappa shape index (κ3) is 5.49. The van der Waals surface area contributed by atoms with E-state index in [0.29, 0.717) is 18.8 Å². The lowest BCUT2D eigenvalue weighted by Crippen LogP contribution is -2.35. The topological polar surface area (TPSA) is 113 Å². The van der Waals surface area contributed by atoms with E-state index in [9.17, 15) is 23.1 Å². The highest BCUT2D eigenvalue weighted by Crippen LogP contribution is 2.22. The van der Waals surface area contributed by atoms with Gasteiger partial charge in [-0.1, -0.05) is 6.42 Å². The second-order valence-electron chi connectivity index (χ2n) is 6.77. The van der Waals surface area contributed by atoms with Crippen LogP contribution in [0.4, 0.5) is 5.69 Å². The van der Waals surface area contributed by atoms with Gasteiger partial charge in [0.1, 0.15) is 11.3 Å². The van der Waals surface area contributed by atoms with Crippen LogP contribution in [0, 0.1) is 3.57 Å². The van der Waals surface area contributed by atoms with Gasteiger partial charge in [-0.3, -0.25) is 4.79 Å². The number of hydrogen-bond acceptors (Lipinski definition) is 6. The lowest BCUT2D eigenvalue weighted by atomic mass is 10.2. The van der Waals surface area contributed by atoms with Crippen molar-refractivity contribution in [3.8, 4) is 5.75 Å². The van der Waals surface area contributed by atoms with Crippen LogP contribution in [0.5, 0.6) is 5.75 Å². The van der Waals surface area contributed by atoms with Gasteiger partial charge in [0.15, 0.2) is 6.61 Å². The van der Waals surface area contributed by atoms with Crippen LogP contribution in [0.15, 0.2) is 47.4 Å². The van der Waals surface area contributed by atoms with Gasteiger partial charge in [0.05, 0.1) is 4.90 Å². The van der Waals surface area contributed by atoms with E-state index in [1.54, 1.807) is 6.07 Å². The van der Waals surface area contributed by atoms with E-state index in [1.165, 1.54) is 40.7 Å². The number of esters is 1. The van der Waals surface area contributed by atoms with Crippen LogP contribution in [0.25, 0.3) is 0 Å². The van der Waals surface area contributed by atoms with E-state index in [-0.39, 0.29) is 16.2 Å². The molecular weight excluding hydrogens is 523 g/mol. The fraction of sp³-hybridized carbons (Fsp3) is 0.300. The molecule has 0 unspecified atom stereocenters. The van der Waals surface area contributed by atoms with Crippen LogP contribution in [0.2, 0.25) is 0 Å². The maximum absolute atomic E-state index is 12.6. The molecule has 3 rings (SSSR count). The number of phenols is 1. The second kappa shape index (κ2) is 9.75. The molecule has 1 aliphatic rings. The lowest BCUT2D eigenvalue weighted by Gasteiger charge is -2.25. The number of amides is 1. The van der Waals surface area contributed by atoms with Crippen LogP contribution in [0.3, 0.4) is 0 Å². The molecule has 1 aliphatic heterocycles. The summed E-state index contributed by atoms with van der Waals surface area (Å²) in [7, 11) is -3.54. The number of halogens is 1. The minimum atomic E-state index is -3.54. The normalized spacial score (nSPS) is 14.8. The number of rotatable bonds is 6. The maximum Gasteiger partial charge on any atom is 0.342 e. The van der Waals surface area contributed by atoms with Gasteiger partial charge in [0.25, 0.3) is 5.91 Å². The predicted molar refractivity (Wildman–Crippen MR) is 119 cm³/mol. The molecule has 2 aromatic rings. The fourth-order valence-corrected chi connectivity index (χ4v) is 5.05. The molecular formula is C20H21IN2O6S. The maximum atomic E-state index is 12.6. The molecule has 1 heterocycles. The van der Waals surface area contributed by atoms with E-state index >= 15 is 0 Å². The number of phenolic OH excluding ortho intramolecular Hbond substituents is 1. The van der Waals surface area contributed by atoms with Crippen molar-refractivity contribution in [3.63, 3.8) is 0 Å². The van der Waals surface area contributed by atoms with Gasteiger partial charge in [-0.05, 0) is 77.9 Å². The molecule has 1 saturated heterocycles. The molecule has 0 bridgehead atoms. The lowest BCUT2D eigenvalue weighted by molar-refractivity contribution is -0.119. The summed E-state index contributed by atoms with van der Waals surface area (Å²) >= 11 is 1.99. The predicted octanol–water partition coefficient (Wildman–Crippen LogP) is 2.97. The summed E-state index contributed by atoms with van der Waals surface area (Å²) in [4.78, 5) is 24.3. The molecule has 0 spiro atoms. The molecule has 0 radical (unpaired) electrons. The highest BCUT2D eigenvalue weighted by Gasteiger charge is 2.25. The number of piperidine rings is 1. The molecule has 2 aromatic carbocycles. The van der Waals surface area contributed by atoms with E-state index in [1.807, 2.05) is 22.6 Å². The molecule has 1 fully saturated rings. The number of ether oxygens (including phenoxy) is 1. The molecule has 10 heteroatoms. The van der Waals surface area contributed by atoms with Gasteiger partial charge in [0, 0.05) is 22.3 Å². The Labute approximate surface area is 188 Å². The highest BCUT2D eigenvalue weighted by molar-refractivity contribution is 14.1. The van der Waals surface area contributed by atoms with Crippen molar-refractivity contribution in [1.29, 1.82) is 0 Å². The Kier molecular flexibility index (Phi) is 7.32. The van der Waals surface area contributed by atoms with Crippen molar-refractivity contribution in [2.45, 2.75) is 24.2 Å². The minimum Gasteiger partial charge on any atom is -0.507 e. The molecule has 8 nitrogen and oxygen atoms in total. The quantitative estimate of drug-likeness (QED) is 0.427. The fourth-order valence-electron chi connectivity index (χ4n) is 3.04. The van der Waals surface area contributed by atoms with Crippen LogP contribution in [0.1, 0.15) is 29.6 Å². The molecule has 2 N–H and O–H groups in total. The Bertz CT molecular complexity index is 1030. The zero-order chi connectivity index (χ0) is 21.7. The van der Waals surface area contributed by atoms with Crippen molar-refractivity contribution in [1.82, 2.24) is 4.31 Å². The SMILES string of the molecule is O=C(COC(=O)c1cc(I)ccc1O)Nc1ccc(S(=O)(=O)N2CCCCC2)cc1. The van der Waals surface area contributed by atoms with Crippen LogP contribution in [-0.4, -0.2) is 49.4 Å². The van der Waals surface area contributed by atoms with Crippen molar-refractivity contribution < 1.29 is 27.9 Å². The van der Waals surface area contributed by atoms with Crippen molar-refractivity contribution in [2.75, 3.05) is 25.0 Å². The van der Waals surface area contributed by atoms with E-state index in [2.05, 4.69) is 5.32 Å². The van der Waals surface area contributed by atoms with Gasteiger partial charge in [-0.2, -0.15) is 4.31 Å². The highest BCUT2D eigenvalue weighted by atomic mass is 127. The Hall–Kier alpha value is -2.18. The number of hydrogen-bond donors (Lipinski definition) is 2. The number of sulfonamides is 1. The van der Waals surface area contributed by atoms with Gasteiger partial charge >= 0.3 is 5.97 Å². The number of carbonyl (C=O) groups excluding carboxylic acids is 2. The summed E-state index contributed by atoms with van der Waals surface area (Å²) in [5.41, 5.74) is 0.354. The minimum absolute atomic E-state index is 0.0260. The average molecular weight is 544 g/mol. The number of anilines is 1. The van der Waals surface area contributed by atoms with Gasteiger partial charge in [0.2, 0.25) is 10.0 Å². The van der Waals surface area contributed by atoms with Gasteiger partial charge < -0.3 is 15.2 Å². The smallest absolute Gasteiger partial charge is 0.342 e. The van der Waals surface area contributed by atoms with Crippen molar-refractivity contribution in [2.24, 2.45) is 0 Å². The van der Waals surface area contributed by atoms with E-state index in [4.69, 9.17) is 4.74 Å². The molecule has 0 atom stereocenters. The Morgan fingerprint density at radius 1 is 1.07 bits per heavy atom. The summed E-state index contributed by atoms with van der Waals surface area (Å²) in [6.07, 6.45) is 2.74. The standard InChI is InChI=1S/C20H21IN2O6S/c21-14-4-9-18(24)17(12-14)20(26)29-13-19(25)22-15-5-7-16(8-6-15)30(27,28)23-10-2-1-3-11-23/h4-9,12,24H,1-3,10-11,13H2,(H,22,25). The molecule has 30 heavy (non-hydrogen) atoms. The summed E-state index contributed by atoms with van der Waals surface area (Å²) in [5, 5.41) is 12.3. The summed E-state index contributed by atoms with van der Waals surface area (Å²) in [6.45, 7) is 0.488.